The number of rotatable bonds is 4. The molecular weight excluding hydrogens is 322 g/mol. The number of hydrogen-bond donors (Lipinski definition) is 3. The van der Waals surface area contributed by atoms with E-state index in [9.17, 15) is 4.79 Å². The number of fused-ring (bicyclic) bond motifs is 1. The predicted octanol–water partition coefficient (Wildman–Crippen LogP) is 3.39. The van der Waals surface area contributed by atoms with Gasteiger partial charge in [0, 0.05) is 24.2 Å². The van der Waals surface area contributed by atoms with Crippen molar-refractivity contribution < 1.29 is 4.79 Å². The molecule has 1 amide bonds. The Morgan fingerprint density at radius 3 is 2.73 bits per heavy atom. The van der Waals surface area contributed by atoms with E-state index >= 15 is 0 Å². The highest BCUT2D eigenvalue weighted by atomic mass is 16.2. The quantitative estimate of drug-likeness (QED) is 0.776. The zero-order chi connectivity index (χ0) is 18.1. The van der Waals surface area contributed by atoms with Crippen molar-refractivity contribution in [1.82, 2.24) is 10.6 Å². The highest BCUT2D eigenvalue weighted by Crippen LogP contribution is 2.33. The van der Waals surface area contributed by atoms with Crippen LogP contribution in [0.4, 0.5) is 5.69 Å². The molecule has 0 bridgehead atoms. The Labute approximate surface area is 157 Å². The van der Waals surface area contributed by atoms with Gasteiger partial charge in [0.15, 0.2) is 0 Å². The molecule has 3 aliphatic rings. The second kappa shape index (κ2) is 7.59. The van der Waals surface area contributed by atoms with Crippen LogP contribution < -0.4 is 16.0 Å². The lowest BCUT2D eigenvalue weighted by Crippen LogP contribution is -2.59. The van der Waals surface area contributed by atoms with Gasteiger partial charge < -0.3 is 16.0 Å². The molecule has 0 spiro atoms. The summed E-state index contributed by atoms with van der Waals surface area (Å²) in [4.78, 5) is 13.1. The zero-order valence-corrected chi connectivity index (χ0v) is 16.2. The first-order valence-corrected chi connectivity index (χ1v) is 10.5. The van der Waals surface area contributed by atoms with E-state index in [2.05, 4.69) is 48.0 Å². The molecule has 26 heavy (non-hydrogen) atoms. The molecule has 0 radical (unpaired) electrons. The second-order valence-corrected chi connectivity index (χ2v) is 8.69. The first-order valence-electron chi connectivity index (χ1n) is 10.5. The number of amides is 1. The number of nitrogens with one attached hydrogen (secondary N) is 3. The standard InChI is InChI=1S/C22H33N3O/c1-14-7-5-11-17-13-18(24-19(14)17)22(26)25-21(16-9-3-4-10-16)20-15(2)8-6-12-23-20/h5,7,11,15-16,18,20-21,23-24H,3-4,6,8-10,12-13H2,1-2H3,(H,25,26). The van der Waals surface area contributed by atoms with Crippen molar-refractivity contribution >= 4 is 11.6 Å². The van der Waals surface area contributed by atoms with Crippen LogP contribution in [0.5, 0.6) is 0 Å². The van der Waals surface area contributed by atoms with Crippen LogP contribution in [-0.2, 0) is 11.2 Å². The third kappa shape index (κ3) is 3.48. The average molecular weight is 356 g/mol. The van der Waals surface area contributed by atoms with Crippen LogP contribution >= 0.6 is 0 Å². The second-order valence-electron chi connectivity index (χ2n) is 8.69. The normalized spacial score (nSPS) is 29.8. The van der Waals surface area contributed by atoms with E-state index in [1.165, 1.54) is 49.7 Å². The maximum absolute atomic E-state index is 13.1. The largest absolute Gasteiger partial charge is 0.373 e. The van der Waals surface area contributed by atoms with Gasteiger partial charge in [0.05, 0.1) is 0 Å². The van der Waals surface area contributed by atoms with E-state index in [4.69, 9.17) is 0 Å². The molecule has 4 unspecified atom stereocenters. The van der Waals surface area contributed by atoms with Crippen molar-refractivity contribution in [3.63, 3.8) is 0 Å². The summed E-state index contributed by atoms with van der Waals surface area (Å²) >= 11 is 0. The summed E-state index contributed by atoms with van der Waals surface area (Å²) in [5, 5.41) is 10.7. The highest BCUT2D eigenvalue weighted by Gasteiger charge is 2.38. The van der Waals surface area contributed by atoms with Gasteiger partial charge in [0.1, 0.15) is 6.04 Å². The minimum atomic E-state index is -0.131. The van der Waals surface area contributed by atoms with Crippen LogP contribution in [0, 0.1) is 18.8 Å². The topological polar surface area (TPSA) is 53.2 Å². The van der Waals surface area contributed by atoms with E-state index in [1.807, 2.05) is 0 Å². The molecule has 4 heteroatoms. The molecular formula is C22H33N3O. The molecule has 4 nitrogen and oxygen atoms in total. The fraction of sp³-hybridized carbons (Fsp3) is 0.682. The Morgan fingerprint density at radius 1 is 1.19 bits per heavy atom. The van der Waals surface area contributed by atoms with Gasteiger partial charge in [-0.15, -0.1) is 0 Å². The van der Waals surface area contributed by atoms with Gasteiger partial charge in [-0.1, -0.05) is 38.0 Å². The van der Waals surface area contributed by atoms with E-state index < -0.39 is 0 Å². The SMILES string of the molecule is Cc1cccc2c1NC(C(=O)NC(C1CCCC1)C1NCCCC1C)C2. The Morgan fingerprint density at radius 2 is 2.00 bits per heavy atom. The van der Waals surface area contributed by atoms with E-state index in [0.717, 1.165) is 18.7 Å². The van der Waals surface area contributed by atoms with E-state index in [-0.39, 0.29) is 18.0 Å². The lowest BCUT2D eigenvalue weighted by atomic mass is 9.81. The Hall–Kier alpha value is -1.55. The number of benzene rings is 1. The van der Waals surface area contributed by atoms with Gasteiger partial charge in [-0.3, -0.25) is 4.79 Å². The molecule has 142 valence electrons. The molecule has 1 saturated carbocycles. The van der Waals surface area contributed by atoms with Crippen LogP contribution in [0.1, 0.15) is 56.6 Å². The van der Waals surface area contributed by atoms with Gasteiger partial charge in [-0.2, -0.15) is 0 Å². The first-order chi connectivity index (χ1) is 12.6. The summed E-state index contributed by atoms with van der Waals surface area (Å²) in [7, 11) is 0. The molecule has 2 heterocycles. The number of carbonyl (C=O) groups excluding carboxylic acids is 1. The molecule has 1 aliphatic carbocycles. The van der Waals surface area contributed by atoms with Crippen LogP contribution in [0.15, 0.2) is 18.2 Å². The predicted molar refractivity (Wildman–Crippen MR) is 106 cm³/mol. The molecule has 2 aliphatic heterocycles. The third-order valence-electron chi connectivity index (χ3n) is 6.85. The highest BCUT2D eigenvalue weighted by molar-refractivity contribution is 5.88. The lowest BCUT2D eigenvalue weighted by Gasteiger charge is -2.40. The van der Waals surface area contributed by atoms with Crippen molar-refractivity contribution in [2.45, 2.75) is 76.9 Å². The molecule has 4 rings (SSSR count). The van der Waals surface area contributed by atoms with Gasteiger partial charge in [-0.05, 0) is 62.1 Å². The van der Waals surface area contributed by atoms with Crippen molar-refractivity contribution in [1.29, 1.82) is 0 Å². The van der Waals surface area contributed by atoms with Crippen molar-refractivity contribution in [3.05, 3.63) is 29.3 Å². The molecule has 1 saturated heterocycles. The third-order valence-corrected chi connectivity index (χ3v) is 6.85. The van der Waals surface area contributed by atoms with Crippen molar-refractivity contribution in [2.24, 2.45) is 11.8 Å². The van der Waals surface area contributed by atoms with Gasteiger partial charge in [-0.25, -0.2) is 0 Å². The lowest BCUT2D eigenvalue weighted by molar-refractivity contribution is -0.123. The van der Waals surface area contributed by atoms with Gasteiger partial charge in [0.25, 0.3) is 0 Å². The monoisotopic (exact) mass is 355 g/mol. The van der Waals surface area contributed by atoms with Crippen LogP contribution in [0.25, 0.3) is 0 Å². The van der Waals surface area contributed by atoms with Gasteiger partial charge in [0.2, 0.25) is 5.91 Å². The fourth-order valence-electron chi connectivity index (χ4n) is 5.35. The van der Waals surface area contributed by atoms with E-state index in [1.54, 1.807) is 0 Å². The number of para-hydroxylation sites is 1. The van der Waals surface area contributed by atoms with Crippen LogP contribution in [0.2, 0.25) is 0 Å². The van der Waals surface area contributed by atoms with Gasteiger partial charge >= 0.3 is 0 Å². The Kier molecular flexibility index (Phi) is 5.21. The minimum Gasteiger partial charge on any atom is -0.373 e. The molecule has 3 N–H and O–H groups in total. The number of hydrogen-bond acceptors (Lipinski definition) is 3. The summed E-state index contributed by atoms with van der Waals surface area (Å²) in [6, 6.07) is 6.90. The summed E-state index contributed by atoms with van der Waals surface area (Å²) in [6.07, 6.45) is 8.45. The molecule has 2 fully saturated rings. The van der Waals surface area contributed by atoms with Crippen LogP contribution in [0.3, 0.4) is 0 Å². The van der Waals surface area contributed by atoms with E-state index in [0.29, 0.717) is 17.9 Å². The average Bonchev–Trinajstić information content (AvgIpc) is 3.31. The minimum absolute atomic E-state index is 0.131. The zero-order valence-electron chi connectivity index (χ0n) is 16.2. The maximum atomic E-state index is 13.1. The number of carbonyl (C=O) groups is 1. The molecule has 0 aromatic heterocycles. The summed E-state index contributed by atoms with van der Waals surface area (Å²) in [5.41, 5.74) is 3.66. The summed E-state index contributed by atoms with van der Waals surface area (Å²) in [6.45, 7) is 5.54. The molecule has 4 atom stereocenters. The van der Waals surface area contributed by atoms with Crippen molar-refractivity contribution in [2.75, 3.05) is 11.9 Å². The number of aryl methyl sites for hydroxylation is 1. The van der Waals surface area contributed by atoms with Crippen LogP contribution in [-0.4, -0.2) is 30.6 Å². The van der Waals surface area contributed by atoms with Crippen molar-refractivity contribution in [3.8, 4) is 0 Å². The first kappa shape index (κ1) is 17.8. The smallest absolute Gasteiger partial charge is 0.243 e. The maximum Gasteiger partial charge on any atom is 0.243 e. The Bertz CT molecular complexity index is 653. The molecule has 1 aromatic carbocycles. The number of anilines is 1. The molecule has 1 aromatic rings. The number of piperidine rings is 1. The summed E-state index contributed by atoms with van der Waals surface area (Å²) in [5.74, 6) is 1.44. The summed E-state index contributed by atoms with van der Waals surface area (Å²) < 4.78 is 0. The Balaban J connectivity index is 1.47. The fourth-order valence-corrected chi connectivity index (χ4v) is 5.35.